The number of hydrogen-bond donors (Lipinski definition) is 3. The van der Waals surface area contributed by atoms with E-state index in [1.807, 2.05) is 0 Å². The van der Waals surface area contributed by atoms with E-state index in [2.05, 4.69) is 10.3 Å². The lowest BCUT2D eigenvalue weighted by molar-refractivity contribution is -0.131. The molecule has 0 spiro atoms. The second-order valence-electron chi connectivity index (χ2n) is 5.08. The largest absolute Gasteiger partial charge is 0.478 e. The highest BCUT2D eigenvalue weighted by atomic mass is 16.4. The van der Waals surface area contributed by atoms with Crippen molar-refractivity contribution in [2.24, 2.45) is 0 Å². The number of aromatic nitrogens is 1. The molecule has 1 saturated carbocycles. The predicted octanol–water partition coefficient (Wildman–Crippen LogP) is 1.21. The molecule has 2 atom stereocenters. The minimum atomic E-state index is -1.04. The molecular formula is C15H18N2O4. The number of pyridine rings is 1. The summed E-state index contributed by atoms with van der Waals surface area (Å²) in [5, 5.41) is 21.2. The van der Waals surface area contributed by atoms with Crippen molar-refractivity contribution >= 4 is 18.0 Å². The SMILES string of the molecule is O=C(O)C=Cc1ccc(C(=O)NC2CCCCC2O)nc1. The van der Waals surface area contributed by atoms with Crippen LogP contribution in [0.4, 0.5) is 0 Å². The first-order valence-corrected chi connectivity index (χ1v) is 6.92. The van der Waals surface area contributed by atoms with E-state index in [4.69, 9.17) is 5.11 Å². The van der Waals surface area contributed by atoms with Crippen LogP contribution in [0.2, 0.25) is 0 Å². The van der Waals surface area contributed by atoms with Crippen LogP contribution in [0.15, 0.2) is 24.4 Å². The fraction of sp³-hybridized carbons (Fsp3) is 0.400. The van der Waals surface area contributed by atoms with E-state index in [1.165, 1.54) is 18.3 Å². The molecule has 1 aromatic rings. The number of carbonyl (C=O) groups is 2. The van der Waals surface area contributed by atoms with Gasteiger partial charge in [0.15, 0.2) is 0 Å². The Labute approximate surface area is 122 Å². The van der Waals surface area contributed by atoms with E-state index in [9.17, 15) is 14.7 Å². The highest BCUT2D eigenvalue weighted by Crippen LogP contribution is 2.18. The Hall–Kier alpha value is -2.21. The molecule has 1 amide bonds. The molecule has 0 aliphatic heterocycles. The molecule has 0 bridgehead atoms. The third-order valence-electron chi connectivity index (χ3n) is 3.48. The first-order chi connectivity index (χ1) is 10.1. The number of carboxylic acids is 1. The summed E-state index contributed by atoms with van der Waals surface area (Å²) in [5.41, 5.74) is 0.854. The molecule has 1 aliphatic carbocycles. The zero-order valence-electron chi connectivity index (χ0n) is 11.5. The maximum absolute atomic E-state index is 12.0. The van der Waals surface area contributed by atoms with Gasteiger partial charge in [-0.15, -0.1) is 0 Å². The molecule has 21 heavy (non-hydrogen) atoms. The minimum absolute atomic E-state index is 0.223. The van der Waals surface area contributed by atoms with Gasteiger partial charge in [0.2, 0.25) is 0 Å². The van der Waals surface area contributed by atoms with Gasteiger partial charge in [-0.2, -0.15) is 0 Å². The first-order valence-electron chi connectivity index (χ1n) is 6.92. The Kier molecular flexibility index (Phi) is 5.05. The van der Waals surface area contributed by atoms with Crippen LogP contribution >= 0.6 is 0 Å². The van der Waals surface area contributed by atoms with Crippen LogP contribution in [0, 0.1) is 0 Å². The summed E-state index contributed by atoms with van der Waals surface area (Å²) in [6.07, 6.45) is 6.80. The summed E-state index contributed by atoms with van der Waals surface area (Å²) in [5.74, 6) is -1.36. The maximum atomic E-state index is 12.0. The van der Waals surface area contributed by atoms with Gasteiger partial charge in [0.25, 0.3) is 5.91 Å². The number of nitrogens with zero attached hydrogens (tertiary/aromatic N) is 1. The number of rotatable bonds is 4. The standard InChI is InChI=1S/C15H18N2O4/c18-13-4-2-1-3-11(13)17-15(21)12-7-5-10(9-16-12)6-8-14(19)20/h5-9,11,13,18H,1-4H2,(H,17,21)(H,19,20). The van der Waals surface area contributed by atoms with E-state index in [-0.39, 0.29) is 17.6 Å². The van der Waals surface area contributed by atoms with E-state index in [1.54, 1.807) is 6.07 Å². The Morgan fingerprint density at radius 3 is 2.67 bits per heavy atom. The fourth-order valence-electron chi connectivity index (χ4n) is 2.33. The van der Waals surface area contributed by atoms with E-state index >= 15 is 0 Å². The van der Waals surface area contributed by atoms with Crippen LogP contribution in [0.3, 0.4) is 0 Å². The summed E-state index contributed by atoms with van der Waals surface area (Å²) in [6.45, 7) is 0. The summed E-state index contributed by atoms with van der Waals surface area (Å²) >= 11 is 0. The van der Waals surface area contributed by atoms with Crippen molar-refractivity contribution < 1.29 is 19.8 Å². The molecule has 0 radical (unpaired) electrons. The van der Waals surface area contributed by atoms with Crippen molar-refractivity contribution in [1.29, 1.82) is 0 Å². The molecule has 1 fully saturated rings. The van der Waals surface area contributed by atoms with Crippen LogP contribution in [0.5, 0.6) is 0 Å². The van der Waals surface area contributed by atoms with Crippen molar-refractivity contribution in [2.75, 3.05) is 0 Å². The zero-order chi connectivity index (χ0) is 15.2. The van der Waals surface area contributed by atoms with Crippen LogP contribution in [0.25, 0.3) is 6.08 Å². The maximum Gasteiger partial charge on any atom is 0.328 e. The second-order valence-corrected chi connectivity index (χ2v) is 5.08. The zero-order valence-corrected chi connectivity index (χ0v) is 11.5. The van der Waals surface area contributed by atoms with Gasteiger partial charge in [-0.3, -0.25) is 9.78 Å². The van der Waals surface area contributed by atoms with Gasteiger partial charge in [-0.05, 0) is 30.5 Å². The van der Waals surface area contributed by atoms with E-state index in [0.29, 0.717) is 12.0 Å². The lowest BCUT2D eigenvalue weighted by Gasteiger charge is -2.28. The van der Waals surface area contributed by atoms with Gasteiger partial charge in [-0.25, -0.2) is 4.79 Å². The lowest BCUT2D eigenvalue weighted by Crippen LogP contribution is -2.45. The molecule has 6 heteroatoms. The Morgan fingerprint density at radius 1 is 1.29 bits per heavy atom. The lowest BCUT2D eigenvalue weighted by atomic mass is 9.92. The van der Waals surface area contributed by atoms with Gasteiger partial charge in [-0.1, -0.05) is 18.9 Å². The smallest absolute Gasteiger partial charge is 0.328 e. The van der Waals surface area contributed by atoms with Crippen LogP contribution in [-0.4, -0.2) is 39.2 Å². The summed E-state index contributed by atoms with van der Waals surface area (Å²) < 4.78 is 0. The fourth-order valence-corrected chi connectivity index (χ4v) is 2.33. The summed E-state index contributed by atoms with van der Waals surface area (Å²) in [6, 6.07) is 2.93. The molecule has 1 aromatic heterocycles. The quantitative estimate of drug-likeness (QED) is 0.724. The van der Waals surface area contributed by atoms with Crippen LogP contribution in [-0.2, 0) is 4.79 Å². The molecule has 1 heterocycles. The average Bonchev–Trinajstić information content (AvgIpc) is 2.48. The molecular weight excluding hydrogens is 272 g/mol. The first kappa shape index (κ1) is 15.2. The van der Waals surface area contributed by atoms with Crippen molar-refractivity contribution in [3.63, 3.8) is 0 Å². The second kappa shape index (κ2) is 6.99. The summed E-state index contributed by atoms with van der Waals surface area (Å²) in [7, 11) is 0. The monoisotopic (exact) mass is 290 g/mol. The van der Waals surface area contributed by atoms with E-state index < -0.39 is 12.1 Å². The molecule has 1 aliphatic rings. The summed E-state index contributed by atoms with van der Waals surface area (Å²) in [4.78, 5) is 26.5. The van der Waals surface area contributed by atoms with Gasteiger partial charge < -0.3 is 15.5 Å². The number of amides is 1. The van der Waals surface area contributed by atoms with E-state index in [0.717, 1.165) is 25.3 Å². The molecule has 3 N–H and O–H groups in total. The van der Waals surface area contributed by atoms with Gasteiger partial charge >= 0.3 is 5.97 Å². The highest BCUT2D eigenvalue weighted by molar-refractivity contribution is 5.92. The topological polar surface area (TPSA) is 99.5 Å². The molecule has 112 valence electrons. The predicted molar refractivity (Wildman–Crippen MR) is 76.6 cm³/mol. The average molecular weight is 290 g/mol. The van der Waals surface area contributed by atoms with Crippen LogP contribution in [0.1, 0.15) is 41.7 Å². The third kappa shape index (κ3) is 4.39. The van der Waals surface area contributed by atoms with Crippen molar-refractivity contribution in [3.8, 4) is 0 Å². The number of aliphatic carboxylic acids is 1. The molecule has 2 unspecified atom stereocenters. The molecule has 2 rings (SSSR count). The van der Waals surface area contributed by atoms with Gasteiger partial charge in [0, 0.05) is 12.3 Å². The number of aliphatic hydroxyl groups is 1. The molecule has 0 aromatic carbocycles. The van der Waals surface area contributed by atoms with Crippen molar-refractivity contribution in [2.45, 2.75) is 37.8 Å². The Bertz CT molecular complexity index is 539. The van der Waals surface area contributed by atoms with Crippen molar-refractivity contribution in [1.82, 2.24) is 10.3 Å². The van der Waals surface area contributed by atoms with Gasteiger partial charge in [0.05, 0.1) is 12.1 Å². The van der Waals surface area contributed by atoms with Crippen LogP contribution < -0.4 is 5.32 Å². The minimum Gasteiger partial charge on any atom is -0.478 e. The number of hydrogen-bond acceptors (Lipinski definition) is 4. The highest BCUT2D eigenvalue weighted by Gasteiger charge is 2.25. The Balaban J connectivity index is 1.97. The molecule has 0 saturated heterocycles. The van der Waals surface area contributed by atoms with Crippen molar-refractivity contribution in [3.05, 3.63) is 35.7 Å². The number of aliphatic hydroxyl groups excluding tert-OH is 1. The molecule has 6 nitrogen and oxygen atoms in total. The Morgan fingerprint density at radius 2 is 2.05 bits per heavy atom. The third-order valence-corrected chi connectivity index (χ3v) is 3.48. The number of nitrogens with one attached hydrogen (secondary N) is 1. The number of carboxylic acid groups (broad SMARTS) is 1. The number of carbonyl (C=O) groups excluding carboxylic acids is 1. The normalized spacial score (nSPS) is 22.1. The van der Waals surface area contributed by atoms with Gasteiger partial charge in [0.1, 0.15) is 5.69 Å².